The summed E-state index contributed by atoms with van der Waals surface area (Å²) >= 11 is 0. The van der Waals surface area contributed by atoms with E-state index in [1.807, 2.05) is 25.5 Å². The van der Waals surface area contributed by atoms with E-state index in [4.69, 9.17) is 4.74 Å². The predicted molar refractivity (Wildman–Crippen MR) is 82.1 cm³/mol. The zero-order valence-electron chi connectivity index (χ0n) is 13.1. The van der Waals surface area contributed by atoms with Gasteiger partial charge in [0.05, 0.1) is 23.7 Å². The summed E-state index contributed by atoms with van der Waals surface area (Å²) in [6.45, 7) is 3.73. The maximum absolute atomic E-state index is 13.3. The molecule has 23 heavy (non-hydrogen) atoms. The Bertz CT molecular complexity index is 997. The fraction of sp³-hybridized carbons (Fsp3) is 0.312. The molecule has 3 aromatic rings. The van der Waals surface area contributed by atoms with Gasteiger partial charge in [0, 0.05) is 29.6 Å². The molecule has 0 radical (unpaired) electrons. The Balaban J connectivity index is 2.66. The number of rotatable bonds is 1. The van der Waals surface area contributed by atoms with Gasteiger partial charge in [-0.25, -0.2) is 0 Å². The summed E-state index contributed by atoms with van der Waals surface area (Å²) in [5, 5.41) is 0.599. The van der Waals surface area contributed by atoms with E-state index in [0.29, 0.717) is 17.0 Å². The van der Waals surface area contributed by atoms with E-state index in [9.17, 15) is 18.0 Å². The number of nitrogens with one attached hydrogen (secondary N) is 1. The van der Waals surface area contributed by atoms with E-state index in [-0.39, 0.29) is 16.7 Å². The highest BCUT2D eigenvalue weighted by atomic mass is 19.4. The molecule has 0 aliphatic carbocycles. The van der Waals surface area contributed by atoms with Gasteiger partial charge in [-0.1, -0.05) is 0 Å². The van der Waals surface area contributed by atoms with Crippen molar-refractivity contribution in [1.29, 1.82) is 0 Å². The molecule has 0 amide bonds. The van der Waals surface area contributed by atoms with Gasteiger partial charge >= 0.3 is 6.18 Å². The van der Waals surface area contributed by atoms with Gasteiger partial charge < -0.3 is 14.3 Å². The van der Waals surface area contributed by atoms with Crippen LogP contribution in [0.1, 0.15) is 16.8 Å². The maximum atomic E-state index is 13.3. The summed E-state index contributed by atoms with van der Waals surface area (Å²) in [5.74, 6) is 0.236. The van der Waals surface area contributed by atoms with Crippen LogP contribution in [-0.2, 0) is 13.2 Å². The number of ether oxygens (including phenoxy) is 1. The van der Waals surface area contributed by atoms with Crippen molar-refractivity contribution in [3.05, 3.63) is 39.3 Å². The summed E-state index contributed by atoms with van der Waals surface area (Å²) in [4.78, 5) is 14.2. The lowest BCUT2D eigenvalue weighted by Crippen LogP contribution is -2.14. The third-order valence-corrected chi connectivity index (χ3v) is 4.36. The first-order chi connectivity index (χ1) is 10.7. The molecule has 2 heterocycles. The molecule has 0 aliphatic heterocycles. The summed E-state index contributed by atoms with van der Waals surface area (Å²) < 4.78 is 47.2. The molecule has 0 spiro atoms. The van der Waals surface area contributed by atoms with Crippen LogP contribution in [0, 0.1) is 13.8 Å². The highest BCUT2D eigenvalue weighted by molar-refractivity contribution is 6.05. The number of aromatic nitrogens is 2. The van der Waals surface area contributed by atoms with Crippen LogP contribution in [-0.4, -0.2) is 16.7 Å². The number of alkyl halides is 3. The highest BCUT2D eigenvalue weighted by Crippen LogP contribution is 2.41. The third-order valence-electron chi connectivity index (χ3n) is 4.36. The fourth-order valence-corrected chi connectivity index (χ4v) is 3.02. The van der Waals surface area contributed by atoms with Crippen molar-refractivity contribution >= 4 is 21.8 Å². The molecule has 0 aliphatic rings. The lowest BCUT2D eigenvalue weighted by atomic mass is 10.0. The Morgan fingerprint density at radius 1 is 1.17 bits per heavy atom. The van der Waals surface area contributed by atoms with E-state index in [0.717, 1.165) is 11.3 Å². The molecule has 0 atom stereocenters. The van der Waals surface area contributed by atoms with E-state index in [2.05, 4.69) is 4.98 Å². The Labute approximate surface area is 129 Å². The van der Waals surface area contributed by atoms with Gasteiger partial charge in [0.25, 0.3) is 0 Å². The van der Waals surface area contributed by atoms with E-state index < -0.39 is 17.3 Å². The monoisotopic (exact) mass is 324 g/mol. The number of methoxy groups -OCH3 is 1. The van der Waals surface area contributed by atoms with Crippen molar-refractivity contribution in [2.75, 3.05) is 7.11 Å². The molecule has 7 heteroatoms. The number of hydrogen-bond donors (Lipinski definition) is 1. The molecule has 0 saturated heterocycles. The van der Waals surface area contributed by atoms with Gasteiger partial charge in [-0.15, -0.1) is 0 Å². The van der Waals surface area contributed by atoms with Crippen molar-refractivity contribution in [3.8, 4) is 5.75 Å². The summed E-state index contributed by atoms with van der Waals surface area (Å²) in [7, 11) is 3.19. The van der Waals surface area contributed by atoms with Gasteiger partial charge in [-0.3, -0.25) is 4.79 Å². The lowest BCUT2D eigenvalue weighted by molar-refractivity contribution is -0.136. The number of H-pyrrole nitrogens is 1. The van der Waals surface area contributed by atoms with Crippen molar-refractivity contribution in [1.82, 2.24) is 9.55 Å². The van der Waals surface area contributed by atoms with Gasteiger partial charge in [-0.05, 0) is 25.5 Å². The smallest absolute Gasteiger partial charge is 0.417 e. The first-order valence-corrected chi connectivity index (χ1v) is 6.93. The lowest BCUT2D eigenvalue weighted by Gasteiger charge is -2.14. The van der Waals surface area contributed by atoms with Crippen molar-refractivity contribution < 1.29 is 17.9 Å². The highest BCUT2D eigenvalue weighted by Gasteiger charge is 2.34. The van der Waals surface area contributed by atoms with Crippen molar-refractivity contribution in [2.24, 2.45) is 7.05 Å². The number of hydrogen-bond acceptors (Lipinski definition) is 2. The predicted octanol–water partition coefficient (Wildman–Crippen LogP) is 3.66. The van der Waals surface area contributed by atoms with Gasteiger partial charge in [0.2, 0.25) is 5.56 Å². The molecule has 0 saturated carbocycles. The normalized spacial score (nSPS) is 12.3. The number of fused-ring (bicyclic) bond motifs is 2. The van der Waals surface area contributed by atoms with Crippen LogP contribution in [0.15, 0.2) is 16.9 Å². The fourth-order valence-electron chi connectivity index (χ4n) is 3.02. The van der Waals surface area contributed by atoms with Crippen LogP contribution < -0.4 is 10.3 Å². The third kappa shape index (κ3) is 2.10. The maximum Gasteiger partial charge on any atom is 0.417 e. The molecule has 0 fully saturated rings. The van der Waals surface area contributed by atoms with E-state index in [1.54, 1.807) is 0 Å². The quantitative estimate of drug-likeness (QED) is 0.742. The largest absolute Gasteiger partial charge is 0.492 e. The standard InChI is InChI=1S/C16H15F3N2O2/c1-7-8(2)21(3)14-9(7)5-10-11(16(17,18)19)6-12(22)20-13(10)15(14)23-4/h5-6H,1-4H3,(H,20,22). The van der Waals surface area contributed by atoms with E-state index >= 15 is 0 Å². The van der Waals surface area contributed by atoms with Crippen molar-refractivity contribution in [2.45, 2.75) is 20.0 Å². The minimum Gasteiger partial charge on any atom is -0.492 e. The van der Waals surface area contributed by atoms with Crippen LogP contribution in [0.4, 0.5) is 13.2 Å². The minimum atomic E-state index is -4.62. The second-order valence-electron chi connectivity index (χ2n) is 5.54. The van der Waals surface area contributed by atoms with Crippen LogP contribution in [0.2, 0.25) is 0 Å². The number of halogens is 3. The molecule has 4 nitrogen and oxygen atoms in total. The minimum absolute atomic E-state index is 0.0559. The molecular formula is C16H15F3N2O2. The Morgan fingerprint density at radius 3 is 2.39 bits per heavy atom. The average molecular weight is 324 g/mol. The first kappa shape index (κ1) is 15.5. The van der Waals surface area contributed by atoms with Crippen LogP contribution >= 0.6 is 0 Å². The first-order valence-electron chi connectivity index (χ1n) is 6.93. The topological polar surface area (TPSA) is 47.0 Å². The molecule has 1 N–H and O–H groups in total. The second kappa shape index (κ2) is 4.78. The van der Waals surface area contributed by atoms with Crippen molar-refractivity contribution in [3.63, 3.8) is 0 Å². The number of aromatic amines is 1. The number of nitrogens with zero attached hydrogens (tertiary/aromatic N) is 1. The molecule has 2 aromatic heterocycles. The van der Waals surface area contributed by atoms with Gasteiger partial charge in [-0.2, -0.15) is 13.2 Å². The molecule has 0 unspecified atom stereocenters. The SMILES string of the molecule is COc1c2[nH]c(=O)cc(C(F)(F)F)c2cc2c(C)c(C)n(C)c12. The molecule has 122 valence electrons. The molecular weight excluding hydrogens is 309 g/mol. The summed E-state index contributed by atoms with van der Waals surface area (Å²) in [5.41, 5.74) is 0.736. The Hall–Kier alpha value is -2.44. The number of aryl methyl sites for hydroxylation is 2. The van der Waals surface area contributed by atoms with Gasteiger partial charge in [0.15, 0.2) is 5.75 Å². The summed E-state index contributed by atoms with van der Waals surface area (Å²) in [6, 6.07) is 2.05. The molecule has 0 bridgehead atoms. The van der Waals surface area contributed by atoms with Crippen LogP contribution in [0.5, 0.6) is 5.75 Å². The molecule has 3 rings (SSSR count). The number of benzene rings is 1. The molecule has 1 aromatic carbocycles. The van der Waals surface area contributed by atoms with E-state index in [1.165, 1.54) is 13.2 Å². The number of pyridine rings is 1. The average Bonchev–Trinajstić information content (AvgIpc) is 2.68. The van der Waals surface area contributed by atoms with Gasteiger partial charge in [0.1, 0.15) is 0 Å². The zero-order valence-corrected chi connectivity index (χ0v) is 13.1. The Morgan fingerprint density at radius 2 is 1.83 bits per heavy atom. The Kier molecular flexibility index (Phi) is 3.21. The zero-order chi connectivity index (χ0) is 17.1. The second-order valence-corrected chi connectivity index (χ2v) is 5.54. The van der Waals surface area contributed by atoms with Crippen LogP contribution in [0.3, 0.4) is 0 Å². The summed E-state index contributed by atoms with van der Waals surface area (Å²) in [6.07, 6.45) is -4.62. The van der Waals surface area contributed by atoms with Crippen LogP contribution in [0.25, 0.3) is 21.8 Å².